The molecule has 0 aromatic heterocycles. The zero-order valence-electron chi connectivity index (χ0n) is 18.8. The minimum absolute atomic E-state index is 0.0180. The van der Waals surface area contributed by atoms with E-state index < -0.39 is 6.10 Å². The first-order valence-electron chi connectivity index (χ1n) is 11.9. The van der Waals surface area contributed by atoms with E-state index in [1.54, 1.807) is 12.1 Å². The van der Waals surface area contributed by atoms with Crippen LogP contribution in [0.1, 0.15) is 49.1 Å². The van der Waals surface area contributed by atoms with E-state index in [9.17, 15) is 14.7 Å². The average molecular weight is 485 g/mol. The van der Waals surface area contributed by atoms with Gasteiger partial charge >= 0.3 is 0 Å². The lowest BCUT2D eigenvalue weighted by atomic mass is 9.83. The van der Waals surface area contributed by atoms with Crippen LogP contribution in [0.15, 0.2) is 42.5 Å². The zero-order valence-corrected chi connectivity index (χ0v) is 19.6. The number of carbonyl (C=O) groups is 2. The highest BCUT2D eigenvalue weighted by Gasteiger charge is 2.46. The highest BCUT2D eigenvalue weighted by Crippen LogP contribution is 2.47. The highest BCUT2D eigenvalue weighted by molar-refractivity contribution is 6.30. The maximum atomic E-state index is 12.6. The second-order valence-electron chi connectivity index (χ2n) is 9.38. The standard InChI is InChI=1S/C26H29ClN2O5/c27-17-6-4-15(5-7-17)13-28-24(31)12-19-11-21-20-10-18(29-26(32)16-2-1-3-16)8-9-22(20)34-25(21)23(14-30)33-19/h4-10,16,19,21,23,25,30H,1-3,11-14H2,(H,28,31)(H,29,32)/t19-,21-,23+,25+/m0/s1. The van der Waals surface area contributed by atoms with Crippen molar-refractivity contribution in [1.29, 1.82) is 0 Å². The summed E-state index contributed by atoms with van der Waals surface area (Å²) in [6.45, 7) is 0.220. The first-order chi connectivity index (χ1) is 16.5. The fourth-order valence-corrected chi connectivity index (χ4v) is 5.09. The molecule has 2 heterocycles. The summed E-state index contributed by atoms with van der Waals surface area (Å²) in [6.07, 6.45) is 2.62. The molecule has 0 spiro atoms. The summed E-state index contributed by atoms with van der Waals surface area (Å²) in [5.41, 5.74) is 2.71. The van der Waals surface area contributed by atoms with Crippen LogP contribution in [0.5, 0.6) is 5.75 Å². The summed E-state index contributed by atoms with van der Waals surface area (Å²) in [5.74, 6) is 0.782. The van der Waals surface area contributed by atoms with Crippen LogP contribution < -0.4 is 15.4 Å². The Hall–Kier alpha value is -2.61. The number of rotatable bonds is 7. The largest absolute Gasteiger partial charge is 0.487 e. The summed E-state index contributed by atoms with van der Waals surface area (Å²) < 4.78 is 12.2. The highest BCUT2D eigenvalue weighted by atomic mass is 35.5. The Morgan fingerprint density at radius 1 is 1.12 bits per heavy atom. The molecular weight excluding hydrogens is 456 g/mol. The zero-order chi connectivity index (χ0) is 23.7. The molecule has 1 saturated carbocycles. The van der Waals surface area contributed by atoms with Gasteiger partial charge in [0.1, 0.15) is 18.0 Å². The van der Waals surface area contributed by atoms with Crippen LogP contribution >= 0.6 is 11.6 Å². The minimum Gasteiger partial charge on any atom is -0.487 e. The van der Waals surface area contributed by atoms with Crippen molar-refractivity contribution in [3.63, 3.8) is 0 Å². The fraction of sp³-hybridized carbons (Fsp3) is 0.462. The van der Waals surface area contributed by atoms with Crippen molar-refractivity contribution >= 4 is 29.1 Å². The van der Waals surface area contributed by atoms with Crippen LogP contribution in [0.25, 0.3) is 0 Å². The molecule has 2 amide bonds. The molecule has 1 aliphatic carbocycles. The number of fused-ring (bicyclic) bond motifs is 3. The van der Waals surface area contributed by atoms with Gasteiger partial charge in [-0.3, -0.25) is 9.59 Å². The quantitative estimate of drug-likeness (QED) is 0.555. The van der Waals surface area contributed by atoms with Crippen molar-refractivity contribution in [1.82, 2.24) is 5.32 Å². The van der Waals surface area contributed by atoms with Gasteiger partial charge in [-0.25, -0.2) is 0 Å². The van der Waals surface area contributed by atoms with Crippen LogP contribution in [0.2, 0.25) is 5.02 Å². The molecule has 34 heavy (non-hydrogen) atoms. The van der Waals surface area contributed by atoms with E-state index in [0.717, 1.165) is 41.8 Å². The van der Waals surface area contributed by atoms with Gasteiger partial charge in [-0.05, 0) is 55.2 Å². The first kappa shape index (κ1) is 23.1. The second-order valence-corrected chi connectivity index (χ2v) is 9.82. The van der Waals surface area contributed by atoms with Gasteiger partial charge in [-0.1, -0.05) is 30.2 Å². The topological polar surface area (TPSA) is 96.9 Å². The maximum absolute atomic E-state index is 12.6. The van der Waals surface area contributed by atoms with Crippen LogP contribution in [0, 0.1) is 5.92 Å². The molecule has 5 rings (SSSR count). The van der Waals surface area contributed by atoms with Crippen molar-refractivity contribution in [3.05, 3.63) is 58.6 Å². The SMILES string of the molecule is O=C(C[C@@H]1C[C@H]2c3cc(NC(=O)C4CCC4)ccc3O[C@H]2[C@@H](CO)O1)NCc1ccc(Cl)cc1. The lowest BCUT2D eigenvalue weighted by Crippen LogP contribution is -2.47. The van der Waals surface area contributed by atoms with Crippen LogP contribution in [0.4, 0.5) is 5.69 Å². The third kappa shape index (κ3) is 4.92. The third-order valence-corrected chi connectivity index (χ3v) is 7.31. The second kappa shape index (κ2) is 9.94. The summed E-state index contributed by atoms with van der Waals surface area (Å²) in [4.78, 5) is 25.0. The Labute approximate surface area is 203 Å². The van der Waals surface area contributed by atoms with Gasteiger partial charge in [0, 0.05) is 34.7 Å². The van der Waals surface area contributed by atoms with Gasteiger partial charge in [-0.15, -0.1) is 0 Å². The van der Waals surface area contributed by atoms with Crippen LogP contribution in [-0.4, -0.2) is 41.8 Å². The van der Waals surface area contributed by atoms with E-state index in [1.807, 2.05) is 30.3 Å². The maximum Gasteiger partial charge on any atom is 0.227 e. The van der Waals surface area contributed by atoms with Crippen LogP contribution in [-0.2, 0) is 20.9 Å². The number of hydrogen-bond acceptors (Lipinski definition) is 5. The number of hydrogen-bond donors (Lipinski definition) is 3. The molecule has 3 aliphatic rings. The van der Waals surface area contributed by atoms with E-state index >= 15 is 0 Å². The van der Waals surface area contributed by atoms with Crippen molar-refractivity contribution < 1.29 is 24.2 Å². The number of nitrogens with one attached hydrogen (secondary N) is 2. The number of halogens is 1. The third-order valence-electron chi connectivity index (χ3n) is 7.06. The normalized spacial score (nSPS) is 25.5. The number of amides is 2. The van der Waals surface area contributed by atoms with Crippen molar-refractivity contribution in [2.75, 3.05) is 11.9 Å². The van der Waals surface area contributed by atoms with E-state index in [-0.39, 0.29) is 48.9 Å². The molecule has 0 unspecified atom stereocenters. The molecule has 1 saturated heterocycles. The number of carbonyl (C=O) groups excluding carboxylic acids is 2. The Kier molecular flexibility index (Phi) is 6.77. The summed E-state index contributed by atoms with van der Waals surface area (Å²) in [6, 6.07) is 13.0. The van der Waals surface area contributed by atoms with Gasteiger partial charge < -0.3 is 25.2 Å². The van der Waals surface area contributed by atoms with E-state index in [1.165, 1.54) is 0 Å². The lowest BCUT2D eigenvalue weighted by molar-refractivity contribution is -0.142. The summed E-state index contributed by atoms with van der Waals surface area (Å²) in [7, 11) is 0. The Morgan fingerprint density at radius 2 is 1.91 bits per heavy atom. The van der Waals surface area contributed by atoms with Gasteiger partial charge in [0.15, 0.2) is 0 Å². The van der Waals surface area contributed by atoms with Gasteiger partial charge in [-0.2, -0.15) is 0 Å². The molecule has 2 aliphatic heterocycles. The molecule has 4 atom stereocenters. The van der Waals surface area contributed by atoms with Gasteiger partial charge in [0.2, 0.25) is 11.8 Å². The molecule has 2 aromatic rings. The van der Waals surface area contributed by atoms with Crippen LogP contribution in [0.3, 0.4) is 0 Å². The molecule has 3 N–H and O–H groups in total. The monoisotopic (exact) mass is 484 g/mol. The van der Waals surface area contributed by atoms with Gasteiger partial charge in [0.05, 0.1) is 19.1 Å². The van der Waals surface area contributed by atoms with E-state index in [0.29, 0.717) is 18.0 Å². The molecule has 180 valence electrons. The van der Waals surface area contributed by atoms with Crippen molar-refractivity contribution in [2.24, 2.45) is 5.92 Å². The van der Waals surface area contributed by atoms with Crippen molar-refractivity contribution in [2.45, 2.75) is 62.9 Å². The molecule has 8 heteroatoms. The predicted octanol–water partition coefficient (Wildman–Crippen LogP) is 3.78. The number of ether oxygens (including phenoxy) is 2. The Morgan fingerprint density at radius 3 is 2.62 bits per heavy atom. The number of benzene rings is 2. The van der Waals surface area contributed by atoms with Gasteiger partial charge in [0.25, 0.3) is 0 Å². The predicted molar refractivity (Wildman–Crippen MR) is 128 cm³/mol. The molecule has 2 aromatic carbocycles. The number of anilines is 1. The lowest BCUT2D eigenvalue weighted by Gasteiger charge is -2.37. The van der Waals surface area contributed by atoms with E-state index in [2.05, 4.69) is 10.6 Å². The average Bonchev–Trinajstić information content (AvgIpc) is 3.15. The summed E-state index contributed by atoms with van der Waals surface area (Å²) in [5, 5.41) is 16.5. The van der Waals surface area contributed by atoms with Crippen molar-refractivity contribution in [3.8, 4) is 5.75 Å². The number of aliphatic hydroxyl groups excluding tert-OH is 1. The smallest absolute Gasteiger partial charge is 0.227 e. The summed E-state index contributed by atoms with van der Waals surface area (Å²) >= 11 is 5.91. The molecule has 0 bridgehead atoms. The number of aliphatic hydroxyl groups is 1. The minimum atomic E-state index is -0.520. The molecular formula is C26H29ClN2O5. The molecule has 0 radical (unpaired) electrons. The van der Waals surface area contributed by atoms with E-state index in [4.69, 9.17) is 21.1 Å². The Bertz CT molecular complexity index is 1060. The molecule has 2 fully saturated rings. The fourth-order valence-electron chi connectivity index (χ4n) is 4.96. The Balaban J connectivity index is 1.23. The first-order valence-corrected chi connectivity index (χ1v) is 12.3. The molecule has 7 nitrogen and oxygen atoms in total.